The average molecular weight is 398 g/mol. The van der Waals surface area contributed by atoms with Gasteiger partial charge in [0.15, 0.2) is 0 Å². The summed E-state index contributed by atoms with van der Waals surface area (Å²) in [5.74, 6) is 1.67. The first-order valence-corrected chi connectivity index (χ1v) is 10.2. The number of benzene rings is 1. The molecule has 1 aromatic carbocycles. The fourth-order valence-electron chi connectivity index (χ4n) is 3.73. The van der Waals surface area contributed by atoms with Crippen LogP contribution in [0.3, 0.4) is 0 Å². The molecule has 0 bridgehead atoms. The van der Waals surface area contributed by atoms with Crippen molar-refractivity contribution in [2.45, 2.75) is 39.7 Å². The van der Waals surface area contributed by atoms with Crippen LogP contribution in [-0.2, 0) is 24.2 Å². The number of ether oxygens (including phenoxy) is 1. The maximum atomic E-state index is 13.2. The van der Waals surface area contributed by atoms with E-state index in [1.165, 1.54) is 9.44 Å². The smallest absolute Gasteiger partial charge is 0.263 e. The summed E-state index contributed by atoms with van der Waals surface area (Å²) in [6.07, 6.45) is 3.01. The first kappa shape index (κ1) is 18.7. The van der Waals surface area contributed by atoms with Crippen molar-refractivity contribution >= 4 is 33.1 Å². The summed E-state index contributed by atoms with van der Waals surface area (Å²) in [5.41, 5.74) is 1.69. The number of aryl methyl sites for hydroxylation is 2. The number of methoxy groups -OCH3 is 1. The second-order valence-corrected chi connectivity index (χ2v) is 8.44. The number of nitrogens with zero attached hydrogens (tertiary/aromatic N) is 2. The van der Waals surface area contributed by atoms with E-state index in [1.54, 1.807) is 49.6 Å². The van der Waals surface area contributed by atoms with Gasteiger partial charge in [0.05, 0.1) is 12.5 Å². The van der Waals surface area contributed by atoms with Gasteiger partial charge in [-0.15, -0.1) is 11.3 Å². The van der Waals surface area contributed by atoms with E-state index in [0.717, 1.165) is 35.4 Å². The van der Waals surface area contributed by atoms with Crippen molar-refractivity contribution in [2.75, 3.05) is 12.4 Å². The van der Waals surface area contributed by atoms with Crippen molar-refractivity contribution in [3.05, 3.63) is 50.9 Å². The Morgan fingerprint density at radius 1 is 1.36 bits per heavy atom. The normalized spacial score (nSPS) is 16.0. The van der Waals surface area contributed by atoms with Gasteiger partial charge in [-0.1, -0.05) is 6.92 Å². The maximum absolute atomic E-state index is 13.2. The fourth-order valence-corrected chi connectivity index (χ4v) is 5.15. The van der Waals surface area contributed by atoms with Gasteiger partial charge in [-0.3, -0.25) is 14.2 Å². The van der Waals surface area contributed by atoms with Gasteiger partial charge in [0.1, 0.15) is 22.9 Å². The van der Waals surface area contributed by atoms with Gasteiger partial charge in [-0.2, -0.15) is 0 Å². The molecule has 1 aliphatic carbocycles. The standard InChI is InChI=1S/C21H23N3O3S/c1-12-4-9-16-17(10-12)28-20-19(16)21(26)24(13(2)22-20)11-18(25)23-14-5-7-15(27-3)8-6-14/h5-8,12H,4,9-11H2,1-3H3,(H,23,25). The van der Waals surface area contributed by atoms with Crippen LogP contribution in [0.5, 0.6) is 5.75 Å². The Morgan fingerprint density at radius 3 is 2.82 bits per heavy atom. The second-order valence-electron chi connectivity index (χ2n) is 7.36. The molecule has 0 spiro atoms. The Bertz CT molecular complexity index is 1100. The van der Waals surface area contributed by atoms with E-state index in [0.29, 0.717) is 22.8 Å². The number of aromatic nitrogens is 2. The van der Waals surface area contributed by atoms with Crippen molar-refractivity contribution in [2.24, 2.45) is 5.92 Å². The van der Waals surface area contributed by atoms with Crippen LogP contribution in [0, 0.1) is 12.8 Å². The molecule has 0 radical (unpaired) electrons. The fraction of sp³-hybridized carbons (Fsp3) is 0.381. The number of anilines is 1. The molecule has 28 heavy (non-hydrogen) atoms. The molecule has 1 unspecified atom stereocenters. The minimum absolute atomic E-state index is 0.0549. The van der Waals surface area contributed by atoms with Crippen molar-refractivity contribution in [1.29, 1.82) is 0 Å². The molecule has 7 heteroatoms. The van der Waals surface area contributed by atoms with E-state index in [9.17, 15) is 9.59 Å². The highest BCUT2D eigenvalue weighted by Crippen LogP contribution is 2.35. The van der Waals surface area contributed by atoms with Gasteiger partial charge in [0, 0.05) is 10.6 Å². The molecular weight excluding hydrogens is 374 g/mol. The summed E-state index contributed by atoms with van der Waals surface area (Å²) in [5, 5.41) is 3.53. The summed E-state index contributed by atoms with van der Waals surface area (Å²) >= 11 is 1.63. The van der Waals surface area contributed by atoms with Gasteiger partial charge < -0.3 is 10.1 Å². The van der Waals surface area contributed by atoms with Crippen molar-refractivity contribution in [3.63, 3.8) is 0 Å². The predicted molar refractivity (Wildman–Crippen MR) is 111 cm³/mol. The molecule has 1 atom stereocenters. The van der Waals surface area contributed by atoms with E-state index in [2.05, 4.69) is 17.2 Å². The molecule has 2 heterocycles. The number of thiophene rings is 1. The third kappa shape index (κ3) is 3.42. The third-order valence-electron chi connectivity index (χ3n) is 5.28. The Balaban J connectivity index is 1.63. The monoisotopic (exact) mass is 397 g/mol. The lowest BCUT2D eigenvalue weighted by atomic mass is 9.89. The van der Waals surface area contributed by atoms with Crippen molar-refractivity contribution < 1.29 is 9.53 Å². The van der Waals surface area contributed by atoms with E-state index >= 15 is 0 Å². The van der Waals surface area contributed by atoms with Crippen LogP contribution in [-0.4, -0.2) is 22.6 Å². The van der Waals surface area contributed by atoms with Crippen LogP contribution in [0.2, 0.25) is 0 Å². The van der Waals surface area contributed by atoms with Crippen LogP contribution < -0.4 is 15.6 Å². The number of hydrogen-bond donors (Lipinski definition) is 1. The molecule has 146 valence electrons. The number of nitrogens with one attached hydrogen (secondary N) is 1. The number of amides is 1. The largest absolute Gasteiger partial charge is 0.497 e. The summed E-state index contributed by atoms with van der Waals surface area (Å²) in [6, 6.07) is 7.09. The molecule has 0 fully saturated rings. The van der Waals surface area contributed by atoms with Crippen LogP contribution >= 0.6 is 11.3 Å². The highest BCUT2D eigenvalue weighted by molar-refractivity contribution is 7.18. The van der Waals surface area contributed by atoms with Crippen LogP contribution in [0.15, 0.2) is 29.1 Å². The lowest BCUT2D eigenvalue weighted by Crippen LogP contribution is -2.30. The molecule has 6 nitrogen and oxygen atoms in total. The minimum Gasteiger partial charge on any atom is -0.497 e. The molecule has 1 aliphatic rings. The minimum atomic E-state index is -0.255. The van der Waals surface area contributed by atoms with Gasteiger partial charge in [-0.25, -0.2) is 4.98 Å². The SMILES string of the molecule is COc1ccc(NC(=O)Cn2c(C)nc3sc4c(c3c2=O)CCC(C)C4)cc1. The zero-order valence-corrected chi connectivity index (χ0v) is 17.1. The number of carbonyl (C=O) groups excluding carboxylic acids is 1. The highest BCUT2D eigenvalue weighted by Gasteiger charge is 2.24. The van der Waals surface area contributed by atoms with Crippen LogP contribution in [0.25, 0.3) is 10.2 Å². The second kappa shape index (κ2) is 7.39. The van der Waals surface area contributed by atoms with E-state index < -0.39 is 0 Å². The first-order chi connectivity index (χ1) is 13.5. The highest BCUT2D eigenvalue weighted by atomic mass is 32.1. The number of hydrogen-bond acceptors (Lipinski definition) is 5. The zero-order chi connectivity index (χ0) is 19.8. The number of fused-ring (bicyclic) bond motifs is 3. The van der Waals surface area contributed by atoms with Crippen LogP contribution in [0.4, 0.5) is 5.69 Å². The van der Waals surface area contributed by atoms with Crippen molar-refractivity contribution in [3.8, 4) is 5.75 Å². The quantitative estimate of drug-likeness (QED) is 0.731. The van der Waals surface area contributed by atoms with Gasteiger partial charge in [0.25, 0.3) is 5.56 Å². The van der Waals surface area contributed by atoms with Gasteiger partial charge in [-0.05, 0) is 61.9 Å². The summed E-state index contributed by atoms with van der Waals surface area (Å²) in [6.45, 7) is 3.97. The predicted octanol–water partition coefficient (Wildman–Crippen LogP) is 3.54. The Labute approximate surface area is 167 Å². The molecular formula is C21H23N3O3S. The molecule has 0 saturated heterocycles. The lowest BCUT2D eigenvalue weighted by Gasteiger charge is -2.17. The topological polar surface area (TPSA) is 73.2 Å². The molecule has 4 rings (SSSR count). The lowest BCUT2D eigenvalue weighted by molar-refractivity contribution is -0.116. The molecule has 3 aromatic rings. The summed E-state index contributed by atoms with van der Waals surface area (Å²) in [7, 11) is 1.59. The van der Waals surface area contributed by atoms with Crippen LogP contribution in [0.1, 0.15) is 29.6 Å². The average Bonchev–Trinajstić information content (AvgIpc) is 3.02. The molecule has 2 aromatic heterocycles. The van der Waals surface area contributed by atoms with Crippen molar-refractivity contribution in [1.82, 2.24) is 9.55 Å². The summed E-state index contributed by atoms with van der Waals surface area (Å²) in [4.78, 5) is 32.4. The Hall–Kier alpha value is -2.67. The first-order valence-electron chi connectivity index (χ1n) is 9.42. The van der Waals surface area contributed by atoms with Gasteiger partial charge in [0.2, 0.25) is 5.91 Å². The summed E-state index contributed by atoms with van der Waals surface area (Å²) < 4.78 is 6.60. The van der Waals surface area contributed by atoms with E-state index in [4.69, 9.17) is 4.74 Å². The number of carbonyl (C=O) groups is 1. The molecule has 1 N–H and O–H groups in total. The van der Waals surface area contributed by atoms with E-state index in [1.807, 2.05) is 0 Å². The van der Waals surface area contributed by atoms with Gasteiger partial charge >= 0.3 is 0 Å². The molecule has 0 saturated carbocycles. The molecule has 1 amide bonds. The Kier molecular flexibility index (Phi) is 4.93. The number of rotatable bonds is 4. The van der Waals surface area contributed by atoms with E-state index in [-0.39, 0.29) is 18.0 Å². The zero-order valence-electron chi connectivity index (χ0n) is 16.2. The third-order valence-corrected chi connectivity index (χ3v) is 6.43. The molecule has 0 aliphatic heterocycles. The maximum Gasteiger partial charge on any atom is 0.263 e. The Morgan fingerprint density at radius 2 is 2.11 bits per heavy atom.